The molecule has 0 spiro atoms. The summed E-state index contributed by atoms with van der Waals surface area (Å²) in [5, 5.41) is 4.49. The highest BCUT2D eigenvalue weighted by Crippen LogP contribution is 2.15. The Hall–Kier alpha value is -1.64. The molecule has 2 rings (SSSR count). The first kappa shape index (κ1) is 9.90. The van der Waals surface area contributed by atoms with E-state index in [1.54, 1.807) is 0 Å². The van der Waals surface area contributed by atoms with Gasteiger partial charge in [0.05, 0.1) is 17.6 Å². The van der Waals surface area contributed by atoms with E-state index in [4.69, 9.17) is 0 Å². The van der Waals surface area contributed by atoms with Gasteiger partial charge >= 0.3 is 0 Å². The molecule has 78 valence electrons. The van der Waals surface area contributed by atoms with Crippen LogP contribution in [0.5, 0.6) is 0 Å². The zero-order valence-electron chi connectivity index (χ0n) is 9.57. The molecule has 0 aromatic carbocycles. The maximum absolute atomic E-state index is 4.49. The molecule has 0 aliphatic rings. The van der Waals surface area contributed by atoms with Gasteiger partial charge in [0.15, 0.2) is 0 Å². The van der Waals surface area contributed by atoms with Crippen molar-refractivity contribution in [1.82, 2.24) is 14.8 Å². The molecular weight excluding hydrogens is 186 g/mol. The lowest BCUT2D eigenvalue weighted by atomic mass is 10.2. The van der Waals surface area contributed by atoms with E-state index in [0.717, 1.165) is 17.1 Å². The van der Waals surface area contributed by atoms with Gasteiger partial charge in [0.2, 0.25) is 0 Å². The van der Waals surface area contributed by atoms with Crippen LogP contribution in [0.2, 0.25) is 0 Å². The zero-order chi connectivity index (χ0) is 11.0. The molecule has 2 heterocycles. The summed E-state index contributed by atoms with van der Waals surface area (Å²) in [5.41, 5.74) is 5.55. The first-order valence-corrected chi connectivity index (χ1v) is 5.05. The quantitative estimate of drug-likeness (QED) is 0.709. The third-order valence-corrected chi connectivity index (χ3v) is 2.79. The second kappa shape index (κ2) is 3.50. The lowest BCUT2D eigenvalue weighted by Crippen LogP contribution is -2.00. The summed E-state index contributed by atoms with van der Waals surface area (Å²) >= 11 is 0. The number of aryl methyl sites for hydroxylation is 2. The van der Waals surface area contributed by atoms with Crippen LogP contribution in [-0.2, 0) is 0 Å². The topological polar surface area (TPSA) is 30.7 Å². The summed E-state index contributed by atoms with van der Waals surface area (Å²) in [6.07, 6.45) is 1.86. The molecule has 15 heavy (non-hydrogen) atoms. The molecule has 3 nitrogen and oxygen atoms in total. The van der Waals surface area contributed by atoms with Crippen molar-refractivity contribution in [2.45, 2.75) is 27.7 Å². The number of nitrogens with zero attached hydrogens (tertiary/aromatic N) is 3. The highest BCUT2D eigenvalue weighted by molar-refractivity contribution is 5.35. The maximum atomic E-state index is 4.49. The lowest BCUT2D eigenvalue weighted by Gasteiger charge is -2.03. The molecule has 0 bridgehead atoms. The number of rotatable bonds is 1. The van der Waals surface area contributed by atoms with Crippen molar-refractivity contribution in [3.05, 3.63) is 41.0 Å². The van der Waals surface area contributed by atoms with Crippen molar-refractivity contribution in [1.29, 1.82) is 0 Å². The third-order valence-electron chi connectivity index (χ3n) is 2.79. The normalized spacial score (nSPS) is 10.7. The van der Waals surface area contributed by atoms with Gasteiger partial charge in [-0.2, -0.15) is 5.10 Å². The first-order chi connectivity index (χ1) is 7.09. The Bertz CT molecular complexity index is 480. The predicted octanol–water partition coefficient (Wildman–Crippen LogP) is 2.50. The largest absolute Gasteiger partial charge is 0.259 e. The molecule has 0 unspecified atom stereocenters. The SMILES string of the molecule is Cc1ccc(-n2nc(C)c(C)c2C)cn1. The van der Waals surface area contributed by atoms with E-state index in [9.17, 15) is 0 Å². The van der Waals surface area contributed by atoms with E-state index >= 15 is 0 Å². The molecule has 0 saturated heterocycles. The van der Waals surface area contributed by atoms with Crippen LogP contribution in [0, 0.1) is 27.7 Å². The van der Waals surface area contributed by atoms with Crippen LogP contribution in [0.1, 0.15) is 22.6 Å². The van der Waals surface area contributed by atoms with Gasteiger partial charge in [-0.25, -0.2) is 4.68 Å². The second-order valence-electron chi connectivity index (χ2n) is 3.87. The first-order valence-electron chi connectivity index (χ1n) is 5.05. The van der Waals surface area contributed by atoms with Crippen LogP contribution < -0.4 is 0 Å². The Labute approximate surface area is 89.8 Å². The third kappa shape index (κ3) is 1.65. The van der Waals surface area contributed by atoms with Crippen LogP contribution >= 0.6 is 0 Å². The molecule has 2 aromatic heterocycles. The van der Waals surface area contributed by atoms with E-state index in [2.05, 4.69) is 23.9 Å². The van der Waals surface area contributed by atoms with Gasteiger partial charge in [-0.15, -0.1) is 0 Å². The summed E-state index contributed by atoms with van der Waals surface area (Å²) in [6, 6.07) is 4.04. The van der Waals surface area contributed by atoms with Gasteiger partial charge in [0.25, 0.3) is 0 Å². The molecule has 0 amide bonds. The van der Waals surface area contributed by atoms with E-state index in [1.165, 1.54) is 11.3 Å². The molecule has 0 radical (unpaired) electrons. The highest BCUT2D eigenvalue weighted by atomic mass is 15.3. The molecule has 2 aromatic rings. The number of hydrogen-bond donors (Lipinski definition) is 0. The van der Waals surface area contributed by atoms with Crippen LogP contribution in [-0.4, -0.2) is 14.8 Å². The Morgan fingerprint density at radius 1 is 1.07 bits per heavy atom. The Kier molecular flexibility index (Phi) is 2.31. The lowest BCUT2D eigenvalue weighted by molar-refractivity contribution is 0.826. The van der Waals surface area contributed by atoms with Crippen LogP contribution in [0.15, 0.2) is 18.3 Å². The van der Waals surface area contributed by atoms with Gasteiger partial charge in [-0.3, -0.25) is 4.98 Å². The Morgan fingerprint density at radius 2 is 1.80 bits per heavy atom. The second-order valence-corrected chi connectivity index (χ2v) is 3.87. The van der Waals surface area contributed by atoms with Gasteiger partial charge in [-0.05, 0) is 45.4 Å². The van der Waals surface area contributed by atoms with Crippen molar-refractivity contribution in [2.75, 3.05) is 0 Å². The number of aromatic nitrogens is 3. The molecular formula is C12H15N3. The van der Waals surface area contributed by atoms with E-state index in [1.807, 2.05) is 36.9 Å². The van der Waals surface area contributed by atoms with Gasteiger partial charge < -0.3 is 0 Å². The van der Waals surface area contributed by atoms with E-state index in [-0.39, 0.29) is 0 Å². The average Bonchev–Trinajstić information content (AvgIpc) is 2.47. The molecule has 0 aliphatic heterocycles. The van der Waals surface area contributed by atoms with Gasteiger partial charge in [-0.1, -0.05) is 0 Å². The predicted molar refractivity (Wildman–Crippen MR) is 60.3 cm³/mol. The van der Waals surface area contributed by atoms with Crippen molar-refractivity contribution >= 4 is 0 Å². The Balaban J connectivity index is 2.54. The highest BCUT2D eigenvalue weighted by Gasteiger charge is 2.08. The molecule has 0 fully saturated rings. The fraction of sp³-hybridized carbons (Fsp3) is 0.333. The Morgan fingerprint density at radius 3 is 2.27 bits per heavy atom. The minimum Gasteiger partial charge on any atom is -0.259 e. The maximum Gasteiger partial charge on any atom is 0.0832 e. The summed E-state index contributed by atoms with van der Waals surface area (Å²) in [6.45, 7) is 8.18. The van der Waals surface area contributed by atoms with E-state index < -0.39 is 0 Å². The summed E-state index contributed by atoms with van der Waals surface area (Å²) < 4.78 is 1.94. The molecule has 0 atom stereocenters. The smallest absolute Gasteiger partial charge is 0.0832 e. The van der Waals surface area contributed by atoms with Crippen LogP contribution in [0.4, 0.5) is 0 Å². The summed E-state index contributed by atoms with van der Waals surface area (Å²) in [4.78, 5) is 4.27. The average molecular weight is 201 g/mol. The summed E-state index contributed by atoms with van der Waals surface area (Å²) in [7, 11) is 0. The fourth-order valence-corrected chi connectivity index (χ4v) is 1.56. The van der Waals surface area contributed by atoms with Gasteiger partial charge in [0, 0.05) is 11.4 Å². The van der Waals surface area contributed by atoms with E-state index in [0.29, 0.717) is 0 Å². The minimum atomic E-state index is 1.02. The number of pyridine rings is 1. The minimum absolute atomic E-state index is 1.02. The fourth-order valence-electron chi connectivity index (χ4n) is 1.56. The summed E-state index contributed by atoms with van der Waals surface area (Å²) in [5.74, 6) is 0. The molecule has 0 saturated carbocycles. The molecule has 0 N–H and O–H groups in total. The zero-order valence-corrected chi connectivity index (χ0v) is 9.57. The number of hydrogen-bond acceptors (Lipinski definition) is 2. The van der Waals surface area contributed by atoms with Crippen molar-refractivity contribution in [2.24, 2.45) is 0 Å². The van der Waals surface area contributed by atoms with Crippen molar-refractivity contribution in [3.8, 4) is 5.69 Å². The van der Waals surface area contributed by atoms with Crippen molar-refractivity contribution < 1.29 is 0 Å². The standard InChI is InChI=1S/C12H15N3/c1-8-5-6-12(7-13-8)15-11(4)9(2)10(3)14-15/h5-7H,1-4H3. The van der Waals surface area contributed by atoms with Gasteiger partial charge in [0.1, 0.15) is 0 Å². The molecule has 3 heteroatoms. The van der Waals surface area contributed by atoms with Crippen LogP contribution in [0.3, 0.4) is 0 Å². The monoisotopic (exact) mass is 201 g/mol. The molecule has 0 aliphatic carbocycles. The van der Waals surface area contributed by atoms with Crippen LogP contribution in [0.25, 0.3) is 5.69 Å². The van der Waals surface area contributed by atoms with Crippen molar-refractivity contribution in [3.63, 3.8) is 0 Å².